The Morgan fingerprint density at radius 2 is 0.968 bits per heavy atom. The van der Waals surface area contributed by atoms with E-state index in [1.807, 2.05) is 60.7 Å². The van der Waals surface area contributed by atoms with Crippen LogP contribution in [0.4, 0.5) is 0 Å². The number of hydrogen-bond acceptors (Lipinski definition) is 0. The van der Waals surface area contributed by atoms with E-state index in [9.17, 15) is 0 Å². The van der Waals surface area contributed by atoms with Crippen LogP contribution < -0.4 is 0 Å². The summed E-state index contributed by atoms with van der Waals surface area (Å²) in [5, 5.41) is 9.90. The van der Waals surface area contributed by atoms with Crippen LogP contribution in [0.15, 0.2) is 96.3 Å². The van der Waals surface area contributed by atoms with Crippen molar-refractivity contribution in [2.75, 3.05) is 0 Å². The van der Waals surface area contributed by atoms with Crippen LogP contribution >= 0.6 is 0 Å². The summed E-state index contributed by atoms with van der Waals surface area (Å²) in [6.45, 7) is 13.0. The zero-order valence-corrected chi connectivity index (χ0v) is 22.1. The van der Waals surface area contributed by atoms with Crippen molar-refractivity contribution in [3.63, 3.8) is 0 Å². The van der Waals surface area contributed by atoms with E-state index in [0.29, 0.717) is 11.8 Å². The molecule has 5 rings (SSSR count). The van der Waals surface area contributed by atoms with Gasteiger partial charge in [0.1, 0.15) is 0 Å². The van der Waals surface area contributed by atoms with Gasteiger partial charge in [0.15, 0.2) is 0 Å². The second-order valence-corrected chi connectivity index (χ2v) is 9.84. The Labute approximate surface area is 208 Å². The summed E-state index contributed by atoms with van der Waals surface area (Å²) in [6, 6.07) is 28.7. The molecular formula is C28H34N2Zr-8. The fourth-order valence-electron chi connectivity index (χ4n) is 3.79. The van der Waals surface area contributed by atoms with E-state index in [0.717, 1.165) is 0 Å². The van der Waals surface area contributed by atoms with Gasteiger partial charge < -0.3 is 41.0 Å². The standard InChI is InChI=1S/C18H24N2.2C5H5.Zr/c1-17(2,3)19-15-13-11-9-7-8-10-12(11)14(13)16(15)20-18(4,5)6;2*1-2-4-5-3-1;/h7-10,13-14H,1-6H3;2*1-5H;/q-2;-5;-1;. The average Bonchev–Trinajstić information content (AvgIpc) is 3.37. The predicted octanol–water partition coefficient (Wildman–Crippen LogP) is 8.25. The maximum absolute atomic E-state index is 4.95. The zero-order chi connectivity index (χ0) is 21.8. The van der Waals surface area contributed by atoms with E-state index in [1.54, 1.807) is 0 Å². The first-order chi connectivity index (χ1) is 14.2. The van der Waals surface area contributed by atoms with Gasteiger partial charge >= 0.3 is 0 Å². The maximum atomic E-state index is 4.95. The minimum Gasteiger partial charge on any atom is -0.748 e. The Kier molecular flexibility index (Phi) is 8.72. The van der Waals surface area contributed by atoms with E-state index in [-0.39, 0.29) is 37.3 Å². The van der Waals surface area contributed by atoms with Crippen molar-refractivity contribution >= 4 is 0 Å². The Morgan fingerprint density at radius 1 is 0.613 bits per heavy atom. The van der Waals surface area contributed by atoms with Crippen molar-refractivity contribution in [3.8, 4) is 0 Å². The quantitative estimate of drug-likeness (QED) is 0.324. The topological polar surface area (TPSA) is 28.2 Å². The molecule has 3 aromatic rings. The summed E-state index contributed by atoms with van der Waals surface area (Å²) in [6.07, 6.45) is 0. The molecule has 3 aromatic carbocycles. The first kappa shape index (κ1) is 25.4. The predicted molar refractivity (Wildman–Crippen MR) is 129 cm³/mol. The van der Waals surface area contributed by atoms with Crippen LogP contribution in [0.1, 0.15) is 64.5 Å². The molecule has 0 amide bonds. The van der Waals surface area contributed by atoms with Crippen molar-refractivity contribution in [2.45, 2.75) is 64.5 Å². The summed E-state index contributed by atoms with van der Waals surface area (Å²) < 4.78 is 0. The van der Waals surface area contributed by atoms with Crippen LogP contribution in [0, 0.1) is 0 Å². The third kappa shape index (κ3) is 6.81. The van der Waals surface area contributed by atoms with Crippen LogP contribution in [0.5, 0.6) is 0 Å². The van der Waals surface area contributed by atoms with Crippen molar-refractivity contribution in [3.05, 3.63) is 118 Å². The van der Waals surface area contributed by atoms with E-state index >= 15 is 0 Å². The van der Waals surface area contributed by atoms with Gasteiger partial charge in [0.2, 0.25) is 0 Å². The first-order valence-electron chi connectivity index (χ1n) is 10.8. The molecule has 168 valence electrons. The van der Waals surface area contributed by atoms with Crippen molar-refractivity contribution in [1.29, 1.82) is 0 Å². The Bertz CT molecular complexity index is 811. The molecule has 31 heavy (non-hydrogen) atoms. The monoisotopic (exact) mass is 488 g/mol. The Balaban J connectivity index is 0.000000254. The van der Waals surface area contributed by atoms with Crippen LogP contribution in [-0.2, 0) is 26.2 Å². The molecular weight excluding hydrogens is 456 g/mol. The number of hydrogen-bond donors (Lipinski definition) is 0. The molecule has 0 fully saturated rings. The van der Waals surface area contributed by atoms with Gasteiger partial charge in [0.05, 0.1) is 0 Å². The second kappa shape index (κ2) is 10.6. The molecule has 2 aliphatic rings. The number of fused-ring (bicyclic) bond motifs is 4. The molecule has 0 aromatic heterocycles. The summed E-state index contributed by atoms with van der Waals surface area (Å²) in [5.41, 5.74) is 5.27. The molecule has 0 spiro atoms. The number of nitrogens with zero attached hydrogens (tertiary/aromatic N) is 2. The summed E-state index contributed by atoms with van der Waals surface area (Å²) >= 11 is 0. The van der Waals surface area contributed by atoms with Gasteiger partial charge in [-0.25, -0.2) is 12.1 Å². The molecule has 0 saturated carbocycles. The molecule has 0 N–H and O–H groups in total. The maximum Gasteiger partial charge on any atom is 0 e. The van der Waals surface area contributed by atoms with Crippen LogP contribution in [0.3, 0.4) is 0 Å². The van der Waals surface area contributed by atoms with E-state index in [2.05, 4.69) is 65.8 Å². The molecule has 2 unspecified atom stereocenters. The van der Waals surface area contributed by atoms with Gasteiger partial charge in [-0.1, -0.05) is 65.8 Å². The SMILES string of the molecule is CC(C)(C)[N-]C1=C([N-]C(C)(C)C)C2c3ccccc3C12.[Zr].[cH-]1[cH-][cH-][cH-][cH-]1.c1cc[cH-]c1. The van der Waals surface area contributed by atoms with Crippen LogP contribution in [0.2, 0.25) is 0 Å². The van der Waals surface area contributed by atoms with Gasteiger partial charge in [-0.15, -0.1) is 11.1 Å². The van der Waals surface area contributed by atoms with E-state index < -0.39 is 0 Å². The minimum atomic E-state index is -0.0382. The Morgan fingerprint density at radius 3 is 1.23 bits per heavy atom. The number of allylic oxidation sites excluding steroid dienone is 2. The van der Waals surface area contributed by atoms with Crippen LogP contribution in [-0.4, -0.2) is 11.1 Å². The number of benzene rings is 1. The molecule has 0 aliphatic heterocycles. The van der Waals surface area contributed by atoms with Gasteiger partial charge in [0, 0.05) is 26.2 Å². The second-order valence-electron chi connectivity index (χ2n) is 9.84. The molecule has 0 bridgehead atoms. The molecule has 2 nitrogen and oxygen atoms in total. The fourth-order valence-corrected chi connectivity index (χ4v) is 3.79. The zero-order valence-electron chi connectivity index (χ0n) is 19.6. The molecule has 0 heterocycles. The molecule has 2 atom stereocenters. The van der Waals surface area contributed by atoms with Gasteiger partial charge in [-0.05, 0) is 23.0 Å². The third-order valence-electron chi connectivity index (χ3n) is 4.87. The summed E-state index contributed by atoms with van der Waals surface area (Å²) in [5.74, 6) is 0.984. The fraction of sp³-hybridized carbons (Fsp3) is 0.357. The Hall–Kier alpha value is -1.86. The van der Waals surface area contributed by atoms with Gasteiger partial charge in [-0.3, -0.25) is 0 Å². The smallest absolute Gasteiger partial charge is 0 e. The molecule has 3 heteroatoms. The average molecular weight is 490 g/mol. The molecule has 0 radical (unpaired) electrons. The van der Waals surface area contributed by atoms with E-state index in [4.69, 9.17) is 10.6 Å². The normalized spacial score (nSPS) is 18.3. The minimum absolute atomic E-state index is 0. The molecule has 0 saturated heterocycles. The van der Waals surface area contributed by atoms with Crippen LogP contribution in [0.25, 0.3) is 10.6 Å². The summed E-state index contributed by atoms with van der Waals surface area (Å²) in [4.78, 5) is 0. The van der Waals surface area contributed by atoms with Crippen molar-refractivity contribution < 1.29 is 26.2 Å². The van der Waals surface area contributed by atoms with Gasteiger partial charge in [-0.2, -0.15) is 29.6 Å². The van der Waals surface area contributed by atoms with Crippen molar-refractivity contribution in [1.82, 2.24) is 0 Å². The van der Waals surface area contributed by atoms with Gasteiger partial charge in [0.25, 0.3) is 0 Å². The molecule has 2 aliphatic carbocycles. The van der Waals surface area contributed by atoms with E-state index in [1.165, 1.54) is 22.5 Å². The van der Waals surface area contributed by atoms with Crippen molar-refractivity contribution in [2.24, 2.45) is 0 Å². The third-order valence-corrected chi connectivity index (χ3v) is 4.87. The first-order valence-corrected chi connectivity index (χ1v) is 10.8. The largest absolute Gasteiger partial charge is 0.748 e. The summed E-state index contributed by atoms with van der Waals surface area (Å²) in [7, 11) is 0. The number of rotatable bonds is 2.